The second kappa shape index (κ2) is 5.48. The van der Waals surface area contributed by atoms with Gasteiger partial charge < -0.3 is 0 Å². The van der Waals surface area contributed by atoms with Gasteiger partial charge in [0.1, 0.15) is 0 Å². The molecule has 0 N–H and O–H groups in total. The third-order valence-electron chi connectivity index (χ3n) is 4.11. The largest absolute Gasteiger partial charge is 0.286 e. The standard InChI is InChI=1S/C16H23N/c1-12-8-7-11-16(13(12)2)17-14(3)15-9-5-4-6-10-15/h4-6,9-10,12-14H,7-8,11H2,1-3H3/t12-,13?,14+/m1/s1. The van der Waals surface area contributed by atoms with Crippen LogP contribution in [0.25, 0.3) is 0 Å². The normalized spacial score (nSPS) is 29.2. The van der Waals surface area contributed by atoms with Crippen molar-refractivity contribution in [3.05, 3.63) is 35.9 Å². The molecule has 3 atom stereocenters. The van der Waals surface area contributed by atoms with Gasteiger partial charge in [-0.2, -0.15) is 0 Å². The molecule has 0 spiro atoms. The van der Waals surface area contributed by atoms with Gasteiger partial charge >= 0.3 is 0 Å². The summed E-state index contributed by atoms with van der Waals surface area (Å²) in [5.41, 5.74) is 2.76. The lowest BCUT2D eigenvalue weighted by Gasteiger charge is -2.28. The Labute approximate surface area is 105 Å². The highest BCUT2D eigenvalue weighted by atomic mass is 14.8. The summed E-state index contributed by atoms with van der Waals surface area (Å²) in [5.74, 6) is 1.46. The summed E-state index contributed by atoms with van der Waals surface area (Å²) in [4.78, 5) is 4.95. The summed E-state index contributed by atoms with van der Waals surface area (Å²) >= 11 is 0. The van der Waals surface area contributed by atoms with E-state index in [1.165, 1.54) is 30.5 Å². The Bertz CT molecular complexity index is 380. The smallest absolute Gasteiger partial charge is 0.0720 e. The monoisotopic (exact) mass is 229 g/mol. The minimum absolute atomic E-state index is 0.305. The van der Waals surface area contributed by atoms with Gasteiger partial charge in [0.05, 0.1) is 6.04 Å². The van der Waals surface area contributed by atoms with E-state index < -0.39 is 0 Å². The fourth-order valence-electron chi connectivity index (χ4n) is 2.65. The number of nitrogens with zero attached hydrogens (tertiary/aromatic N) is 1. The summed E-state index contributed by atoms with van der Waals surface area (Å²) in [6.45, 7) is 6.89. The van der Waals surface area contributed by atoms with E-state index in [0.717, 1.165) is 5.92 Å². The molecular weight excluding hydrogens is 206 g/mol. The molecule has 0 heterocycles. The van der Waals surface area contributed by atoms with E-state index in [1.54, 1.807) is 0 Å². The van der Waals surface area contributed by atoms with Crippen molar-refractivity contribution in [1.82, 2.24) is 0 Å². The first-order valence-corrected chi connectivity index (χ1v) is 6.80. The van der Waals surface area contributed by atoms with Gasteiger partial charge in [-0.25, -0.2) is 0 Å². The zero-order valence-electron chi connectivity index (χ0n) is 11.2. The van der Waals surface area contributed by atoms with Crippen LogP contribution >= 0.6 is 0 Å². The van der Waals surface area contributed by atoms with E-state index in [4.69, 9.17) is 4.99 Å². The van der Waals surface area contributed by atoms with Crippen molar-refractivity contribution in [3.63, 3.8) is 0 Å². The zero-order chi connectivity index (χ0) is 12.3. The second-order valence-corrected chi connectivity index (χ2v) is 5.37. The lowest BCUT2D eigenvalue weighted by atomic mass is 9.80. The SMILES string of the molecule is CC1C(=N[C@@H](C)c2ccccc2)CCC[C@H]1C. The van der Waals surface area contributed by atoms with Gasteiger partial charge in [0, 0.05) is 5.71 Å². The van der Waals surface area contributed by atoms with Crippen LogP contribution in [0.1, 0.15) is 51.6 Å². The van der Waals surface area contributed by atoms with Crippen molar-refractivity contribution in [1.29, 1.82) is 0 Å². The number of benzene rings is 1. The molecule has 1 unspecified atom stereocenters. The predicted molar refractivity (Wildman–Crippen MR) is 74.5 cm³/mol. The highest BCUT2D eigenvalue weighted by Crippen LogP contribution is 2.29. The van der Waals surface area contributed by atoms with E-state index in [2.05, 4.69) is 51.1 Å². The molecule has 2 rings (SSSR count). The van der Waals surface area contributed by atoms with Crippen LogP contribution in [0.2, 0.25) is 0 Å². The molecule has 1 nitrogen and oxygen atoms in total. The average Bonchev–Trinajstić information content (AvgIpc) is 2.36. The van der Waals surface area contributed by atoms with Gasteiger partial charge in [0.15, 0.2) is 0 Å². The molecule has 0 aliphatic heterocycles. The summed E-state index contributed by atoms with van der Waals surface area (Å²) < 4.78 is 0. The first-order valence-electron chi connectivity index (χ1n) is 6.80. The fourth-order valence-corrected chi connectivity index (χ4v) is 2.65. The van der Waals surface area contributed by atoms with Crippen molar-refractivity contribution >= 4 is 5.71 Å². The second-order valence-electron chi connectivity index (χ2n) is 5.37. The van der Waals surface area contributed by atoms with Crippen LogP contribution in [0.5, 0.6) is 0 Å². The molecule has 1 fully saturated rings. The highest BCUT2D eigenvalue weighted by Gasteiger charge is 2.23. The molecule has 0 aromatic heterocycles. The maximum atomic E-state index is 4.95. The first kappa shape index (κ1) is 12.3. The van der Waals surface area contributed by atoms with E-state index in [0.29, 0.717) is 12.0 Å². The van der Waals surface area contributed by atoms with Crippen molar-refractivity contribution in [3.8, 4) is 0 Å². The van der Waals surface area contributed by atoms with Crippen molar-refractivity contribution in [2.45, 2.75) is 46.1 Å². The molecule has 1 aromatic rings. The fraction of sp³-hybridized carbons (Fsp3) is 0.562. The molecule has 1 saturated carbocycles. The van der Waals surface area contributed by atoms with Crippen molar-refractivity contribution in [2.75, 3.05) is 0 Å². The van der Waals surface area contributed by atoms with Gasteiger partial charge in [-0.3, -0.25) is 4.99 Å². The molecule has 0 radical (unpaired) electrons. The molecule has 0 bridgehead atoms. The topological polar surface area (TPSA) is 12.4 Å². The van der Waals surface area contributed by atoms with Crippen LogP contribution in [0.15, 0.2) is 35.3 Å². The number of hydrogen-bond donors (Lipinski definition) is 0. The van der Waals surface area contributed by atoms with Gasteiger partial charge in [-0.1, -0.05) is 44.2 Å². The predicted octanol–water partition coefficient (Wildman–Crippen LogP) is 4.64. The summed E-state index contributed by atoms with van der Waals surface area (Å²) in [6.07, 6.45) is 3.87. The quantitative estimate of drug-likeness (QED) is 0.700. The Hall–Kier alpha value is -1.11. The maximum absolute atomic E-state index is 4.95. The van der Waals surface area contributed by atoms with Gasteiger partial charge in [0.2, 0.25) is 0 Å². The minimum Gasteiger partial charge on any atom is -0.286 e. The molecule has 0 saturated heterocycles. The molecule has 17 heavy (non-hydrogen) atoms. The number of hydrogen-bond acceptors (Lipinski definition) is 1. The Kier molecular flexibility index (Phi) is 3.98. The van der Waals surface area contributed by atoms with E-state index in [1.807, 2.05) is 0 Å². The third kappa shape index (κ3) is 2.96. The highest BCUT2D eigenvalue weighted by molar-refractivity contribution is 5.87. The van der Waals surface area contributed by atoms with Crippen LogP contribution in [0, 0.1) is 11.8 Å². The van der Waals surface area contributed by atoms with Crippen LogP contribution < -0.4 is 0 Å². The molecule has 92 valence electrons. The van der Waals surface area contributed by atoms with Crippen LogP contribution in [0.3, 0.4) is 0 Å². The summed E-state index contributed by atoms with van der Waals surface area (Å²) in [7, 11) is 0. The first-order chi connectivity index (χ1) is 8.18. The number of rotatable bonds is 2. The number of aliphatic imine (C=N–C) groups is 1. The minimum atomic E-state index is 0.305. The molecule has 1 aliphatic carbocycles. The Morgan fingerprint density at radius 1 is 1.18 bits per heavy atom. The summed E-state index contributed by atoms with van der Waals surface area (Å²) in [6, 6.07) is 10.9. The molecule has 1 aromatic carbocycles. The molecular formula is C16H23N. The van der Waals surface area contributed by atoms with Crippen LogP contribution in [-0.2, 0) is 0 Å². The summed E-state index contributed by atoms with van der Waals surface area (Å²) in [5, 5.41) is 0. The van der Waals surface area contributed by atoms with E-state index in [-0.39, 0.29) is 0 Å². The van der Waals surface area contributed by atoms with Gasteiger partial charge in [-0.05, 0) is 43.6 Å². The Morgan fingerprint density at radius 3 is 2.59 bits per heavy atom. The van der Waals surface area contributed by atoms with Gasteiger partial charge in [-0.15, -0.1) is 0 Å². The lowest BCUT2D eigenvalue weighted by molar-refractivity contribution is 0.402. The molecule has 1 heteroatoms. The Balaban J connectivity index is 2.13. The molecule has 1 aliphatic rings. The molecule has 0 amide bonds. The van der Waals surface area contributed by atoms with Crippen molar-refractivity contribution in [2.24, 2.45) is 16.8 Å². The van der Waals surface area contributed by atoms with Crippen LogP contribution in [0.4, 0.5) is 0 Å². The average molecular weight is 229 g/mol. The maximum Gasteiger partial charge on any atom is 0.0720 e. The lowest BCUT2D eigenvalue weighted by Crippen LogP contribution is -2.24. The third-order valence-corrected chi connectivity index (χ3v) is 4.11. The van der Waals surface area contributed by atoms with E-state index in [9.17, 15) is 0 Å². The van der Waals surface area contributed by atoms with Gasteiger partial charge in [0.25, 0.3) is 0 Å². The van der Waals surface area contributed by atoms with Crippen LogP contribution in [-0.4, -0.2) is 5.71 Å². The zero-order valence-corrected chi connectivity index (χ0v) is 11.2. The Morgan fingerprint density at radius 2 is 1.88 bits per heavy atom. The van der Waals surface area contributed by atoms with Crippen molar-refractivity contribution < 1.29 is 0 Å². The van der Waals surface area contributed by atoms with E-state index >= 15 is 0 Å².